The number of nitrogens with zero attached hydrogens (tertiary/aromatic N) is 3. The number of carboxylic acids is 1. The maximum atomic E-state index is 13.0. The van der Waals surface area contributed by atoms with E-state index in [9.17, 15) is 14.7 Å². The fourth-order valence-corrected chi connectivity index (χ4v) is 4.99. The molecule has 1 atom stereocenters. The second-order valence-corrected chi connectivity index (χ2v) is 7.81. The van der Waals surface area contributed by atoms with Crippen LogP contribution in [0.25, 0.3) is 0 Å². The van der Waals surface area contributed by atoms with Gasteiger partial charge in [-0.05, 0) is 38.8 Å². The van der Waals surface area contributed by atoms with E-state index >= 15 is 0 Å². The summed E-state index contributed by atoms with van der Waals surface area (Å²) in [5.74, 6) is -1.15. The number of ketones is 1. The molecular weight excluding hydrogens is 332 g/mol. The highest BCUT2D eigenvalue weighted by atomic mass is 16.4. The molecule has 26 heavy (non-hydrogen) atoms. The van der Waals surface area contributed by atoms with Gasteiger partial charge in [0.2, 0.25) is 5.66 Å². The van der Waals surface area contributed by atoms with Crippen LogP contribution in [0.4, 0.5) is 0 Å². The molecule has 2 N–H and O–H groups in total. The largest absolute Gasteiger partial charge is 0.479 e. The monoisotopic (exact) mass is 366 g/mol. The summed E-state index contributed by atoms with van der Waals surface area (Å²) >= 11 is 0. The quantitative estimate of drug-likeness (QED) is 0.667. The second kappa shape index (κ2) is 8.78. The summed E-state index contributed by atoms with van der Waals surface area (Å²) in [7, 11) is 0. The fraction of sp³-hybridized carbons (Fsp3) is 0.895. The third-order valence-corrected chi connectivity index (χ3v) is 6.42. The molecule has 0 radical (unpaired) electrons. The predicted molar refractivity (Wildman–Crippen MR) is 100 cm³/mol. The molecule has 3 rings (SSSR count). The average Bonchev–Trinajstić information content (AvgIpc) is 2.70. The highest BCUT2D eigenvalue weighted by Crippen LogP contribution is 2.30. The minimum absolute atomic E-state index is 0.165. The van der Waals surface area contributed by atoms with Gasteiger partial charge in [0.1, 0.15) is 0 Å². The number of piperidine rings is 2. The lowest BCUT2D eigenvalue weighted by Gasteiger charge is -2.51. The number of carbonyl (C=O) groups excluding carboxylic acids is 1. The van der Waals surface area contributed by atoms with Crippen molar-refractivity contribution in [3.63, 3.8) is 0 Å². The number of rotatable bonds is 6. The van der Waals surface area contributed by atoms with Crippen LogP contribution < -0.4 is 5.32 Å². The van der Waals surface area contributed by atoms with Gasteiger partial charge in [-0.15, -0.1) is 0 Å². The Hall–Kier alpha value is -1.02. The zero-order valence-electron chi connectivity index (χ0n) is 16.1. The molecule has 0 bridgehead atoms. The highest BCUT2D eigenvalue weighted by Gasteiger charge is 2.55. The van der Waals surface area contributed by atoms with Crippen LogP contribution in [0.5, 0.6) is 0 Å². The lowest BCUT2D eigenvalue weighted by atomic mass is 9.93. The maximum Gasteiger partial charge on any atom is 0.347 e. The molecule has 3 heterocycles. The van der Waals surface area contributed by atoms with Crippen molar-refractivity contribution in [2.24, 2.45) is 0 Å². The van der Waals surface area contributed by atoms with E-state index in [-0.39, 0.29) is 12.2 Å². The van der Waals surface area contributed by atoms with Crippen molar-refractivity contribution in [1.29, 1.82) is 0 Å². The second-order valence-electron chi connectivity index (χ2n) is 7.81. The van der Waals surface area contributed by atoms with Crippen LogP contribution in [0.15, 0.2) is 0 Å². The van der Waals surface area contributed by atoms with Crippen LogP contribution in [0.3, 0.4) is 0 Å². The lowest BCUT2D eigenvalue weighted by molar-refractivity contribution is -0.179. The van der Waals surface area contributed by atoms with E-state index in [1.54, 1.807) is 6.92 Å². The Morgan fingerprint density at radius 1 is 0.962 bits per heavy atom. The molecule has 0 saturated carbocycles. The molecule has 3 fully saturated rings. The van der Waals surface area contributed by atoms with E-state index in [4.69, 9.17) is 0 Å². The van der Waals surface area contributed by atoms with E-state index < -0.39 is 11.6 Å². The minimum atomic E-state index is -1.46. The fourth-order valence-electron chi connectivity index (χ4n) is 4.99. The maximum absolute atomic E-state index is 13.0. The normalized spacial score (nSPS) is 27.1. The Bertz CT molecular complexity index is 495. The minimum Gasteiger partial charge on any atom is -0.479 e. The zero-order valence-corrected chi connectivity index (χ0v) is 16.1. The number of nitrogens with one attached hydrogen (secondary N) is 1. The van der Waals surface area contributed by atoms with Gasteiger partial charge in [-0.3, -0.25) is 19.5 Å². The van der Waals surface area contributed by atoms with Gasteiger partial charge in [0, 0.05) is 51.7 Å². The smallest absolute Gasteiger partial charge is 0.347 e. The molecule has 0 aromatic rings. The molecule has 7 nitrogen and oxygen atoms in total. The summed E-state index contributed by atoms with van der Waals surface area (Å²) in [4.78, 5) is 31.9. The number of hydrogen-bond acceptors (Lipinski definition) is 6. The molecule has 148 valence electrons. The average molecular weight is 367 g/mol. The summed E-state index contributed by atoms with van der Waals surface area (Å²) in [6.07, 6.45) is 5.64. The van der Waals surface area contributed by atoms with Crippen molar-refractivity contribution in [2.45, 2.75) is 57.2 Å². The Kier molecular flexibility index (Phi) is 6.66. The number of carboxylic acid groups (broad SMARTS) is 1. The summed E-state index contributed by atoms with van der Waals surface area (Å²) in [6, 6.07) is 0.592. The predicted octanol–water partition coefficient (Wildman–Crippen LogP) is 0.602. The van der Waals surface area contributed by atoms with Crippen LogP contribution in [-0.2, 0) is 9.59 Å². The highest BCUT2D eigenvalue weighted by molar-refractivity contribution is 6.07. The van der Waals surface area contributed by atoms with Gasteiger partial charge in [0.15, 0.2) is 5.78 Å². The molecule has 7 heteroatoms. The van der Waals surface area contributed by atoms with E-state index in [1.807, 2.05) is 9.80 Å². The summed E-state index contributed by atoms with van der Waals surface area (Å²) in [6.45, 7) is 8.32. The van der Waals surface area contributed by atoms with Crippen LogP contribution in [-0.4, -0.2) is 95.6 Å². The van der Waals surface area contributed by atoms with Gasteiger partial charge < -0.3 is 10.4 Å². The summed E-state index contributed by atoms with van der Waals surface area (Å²) < 4.78 is 0. The van der Waals surface area contributed by atoms with Crippen molar-refractivity contribution in [2.75, 3.05) is 52.4 Å². The Labute approximate surface area is 156 Å². The Balaban J connectivity index is 1.76. The molecule has 3 aliphatic heterocycles. The Morgan fingerprint density at radius 2 is 1.54 bits per heavy atom. The number of Topliss-reactive ketones (excluding diaryl/α,β-unsaturated/α-hetero) is 1. The van der Waals surface area contributed by atoms with Crippen molar-refractivity contribution < 1.29 is 14.7 Å². The van der Waals surface area contributed by atoms with Crippen molar-refractivity contribution >= 4 is 11.8 Å². The topological polar surface area (TPSA) is 76.1 Å². The molecule has 0 aromatic heterocycles. The van der Waals surface area contributed by atoms with E-state index in [2.05, 4.69) is 10.2 Å². The van der Waals surface area contributed by atoms with Gasteiger partial charge in [0.25, 0.3) is 0 Å². The standard InChI is InChI=1S/C19H34N4O3/c1-2-17(24)19(18(25)26,22-10-4-3-5-11-22)23-14-12-21(13-15-23)16-6-8-20-9-7-16/h16,20H,2-15H2,1H3,(H,25,26). The van der Waals surface area contributed by atoms with Gasteiger partial charge in [-0.25, -0.2) is 4.79 Å². The number of piperazine rings is 1. The molecule has 0 spiro atoms. The molecule has 3 saturated heterocycles. The molecular formula is C19H34N4O3. The first kappa shape index (κ1) is 19.7. The van der Waals surface area contributed by atoms with Crippen LogP contribution in [0, 0.1) is 0 Å². The molecule has 3 aliphatic rings. The molecule has 1 unspecified atom stereocenters. The van der Waals surface area contributed by atoms with E-state index in [0.717, 1.165) is 58.3 Å². The molecule has 0 aromatic carbocycles. The number of likely N-dealkylation sites (tertiary alicyclic amines) is 1. The number of hydrogen-bond donors (Lipinski definition) is 2. The SMILES string of the molecule is CCC(=O)C(C(=O)O)(N1CCCCC1)N1CCN(C2CCNCC2)CC1. The van der Waals surface area contributed by atoms with Crippen molar-refractivity contribution in [3.05, 3.63) is 0 Å². The van der Waals surface area contributed by atoms with Gasteiger partial charge >= 0.3 is 5.97 Å². The van der Waals surface area contributed by atoms with Crippen LogP contribution >= 0.6 is 0 Å². The first-order valence-corrected chi connectivity index (χ1v) is 10.3. The summed E-state index contributed by atoms with van der Waals surface area (Å²) in [5, 5.41) is 13.6. The zero-order chi connectivity index (χ0) is 18.6. The van der Waals surface area contributed by atoms with Gasteiger partial charge in [-0.2, -0.15) is 0 Å². The Morgan fingerprint density at radius 3 is 2.08 bits per heavy atom. The first-order valence-electron chi connectivity index (χ1n) is 10.3. The lowest BCUT2D eigenvalue weighted by Crippen LogP contribution is -2.73. The van der Waals surface area contributed by atoms with Gasteiger partial charge in [0.05, 0.1) is 0 Å². The van der Waals surface area contributed by atoms with Crippen LogP contribution in [0.1, 0.15) is 45.4 Å². The summed E-state index contributed by atoms with van der Waals surface area (Å²) in [5.41, 5.74) is -1.46. The van der Waals surface area contributed by atoms with E-state index in [0.29, 0.717) is 32.2 Å². The molecule has 0 aliphatic carbocycles. The number of carbonyl (C=O) groups is 2. The molecule has 0 amide bonds. The van der Waals surface area contributed by atoms with Gasteiger partial charge in [-0.1, -0.05) is 13.3 Å². The van der Waals surface area contributed by atoms with E-state index in [1.165, 1.54) is 0 Å². The van der Waals surface area contributed by atoms with Crippen LogP contribution in [0.2, 0.25) is 0 Å². The van der Waals surface area contributed by atoms with Crippen molar-refractivity contribution in [1.82, 2.24) is 20.0 Å². The van der Waals surface area contributed by atoms with Crippen molar-refractivity contribution in [3.8, 4) is 0 Å². The number of aliphatic carboxylic acids is 1. The third-order valence-electron chi connectivity index (χ3n) is 6.42. The third kappa shape index (κ3) is 3.67. The first-order chi connectivity index (χ1) is 12.6.